The summed E-state index contributed by atoms with van der Waals surface area (Å²) < 4.78 is 5.03. The van der Waals surface area contributed by atoms with E-state index in [9.17, 15) is 9.59 Å². The van der Waals surface area contributed by atoms with Crippen LogP contribution in [0.15, 0.2) is 0 Å². The standard InChI is InChI=1S/C12H23NO3S/c1-9(2)16-11(15)6-7-13-10(14)8-17-12(3,4)5/h9H,6-8H2,1-5H3,(H,13,14). The molecule has 0 saturated carbocycles. The van der Waals surface area contributed by atoms with Gasteiger partial charge in [0.25, 0.3) is 0 Å². The number of nitrogens with one attached hydrogen (secondary N) is 1. The molecule has 100 valence electrons. The molecule has 0 saturated heterocycles. The van der Waals surface area contributed by atoms with E-state index < -0.39 is 0 Å². The van der Waals surface area contributed by atoms with Crippen LogP contribution in [0.4, 0.5) is 0 Å². The minimum atomic E-state index is -0.274. The first kappa shape index (κ1) is 16.3. The van der Waals surface area contributed by atoms with Crippen LogP contribution in [-0.4, -0.2) is 35.0 Å². The molecule has 0 bridgehead atoms. The van der Waals surface area contributed by atoms with Crippen molar-refractivity contribution in [2.75, 3.05) is 12.3 Å². The van der Waals surface area contributed by atoms with Gasteiger partial charge in [-0.05, 0) is 13.8 Å². The van der Waals surface area contributed by atoms with Crippen LogP contribution in [0.25, 0.3) is 0 Å². The molecule has 17 heavy (non-hydrogen) atoms. The van der Waals surface area contributed by atoms with Crippen molar-refractivity contribution >= 4 is 23.6 Å². The van der Waals surface area contributed by atoms with Gasteiger partial charge in [0.2, 0.25) is 5.91 Å². The Morgan fingerprint density at radius 2 is 1.88 bits per heavy atom. The number of ether oxygens (including phenoxy) is 1. The predicted octanol–water partition coefficient (Wildman–Crippen LogP) is 1.98. The maximum absolute atomic E-state index is 11.4. The van der Waals surface area contributed by atoms with Gasteiger partial charge in [0, 0.05) is 11.3 Å². The van der Waals surface area contributed by atoms with Crippen LogP contribution in [0.1, 0.15) is 41.0 Å². The molecule has 0 spiro atoms. The molecule has 0 heterocycles. The first-order valence-corrected chi connectivity index (χ1v) is 6.79. The Bertz CT molecular complexity index is 259. The Hall–Kier alpha value is -0.710. The average molecular weight is 261 g/mol. The Balaban J connectivity index is 3.61. The fraction of sp³-hybridized carbons (Fsp3) is 0.833. The second-order valence-electron chi connectivity index (χ2n) is 5.04. The third-order valence-corrected chi connectivity index (χ3v) is 2.93. The van der Waals surface area contributed by atoms with Crippen LogP contribution >= 0.6 is 11.8 Å². The van der Waals surface area contributed by atoms with E-state index in [-0.39, 0.29) is 29.1 Å². The highest BCUT2D eigenvalue weighted by Crippen LogP contribution is 2.22. The number of rotatable bonds is 6. The summed E-state index contributed by atoms with van der Waals surface area (Å²) in [6.07, 6.45) is 0.124. The summed E-state index contributed by atoms with van der Waals surface area (Å²) in [5.41, 5.74) is 0. The van der Waals surface area contributed by atoms with Crippen LogP contribution in [0.5, 0.6) is 0 Å². The number of amides is 1. The van der Waals surface area contributed by atoms with Crippen molar-refractivity contribution < 1.29 is 14.3 Å². The molecule has 0 aromatic rings. The zero-order valence-corrected chi connectivity index (χ0v) is 12.1. The number of esters is 1. The van der Waals surface area contributed by atoms with Crippen molar-refractivity contribution in [3.8, 4) is 0 Å². The zero-order chi connectivity index (χ0) is 13.5. The molecule has 0 rings (SSSR count). The molecule has 0 fully saturated rings. The molecule has 0 aromatic heterocycles. The molecular weight excluding hydrogens is 238 g/mol. The summed E-state index contributed by atoms with van der Waals surface area (Å²) in [7, 11) is 0. The lowest BCUT2D eigenvalue weighted by Crippen LogP contribution is -2.29. The summed E-state index contributed by atoms with van der Waals surface area (Å²) in [6.45, 7) is 10.1. The summed E-state index contributed by atoms with van der Waals surface area (Å²) in [4.78, 5) is 22.6. The fourth-order valence-electron chi connectivity index (χ4n) is 0.959. The largest absolute Gasteiger partial charge is 0.463 e. The van der Waals surface area contributed by atoms with E-state index in [0.717, 1.165) is 0 Å². The number of thioether (sulfide) groups is 1. The average Bonchev–Trinajstić information content (AvgIpc) is 2.12. The maximum atomic E-state index is 11.4. The van der Waals surface area contributed by atoms with Gasteiger partial charge in [0.05, 0.1) is 18.3 Å². The van der Waals surface area contributed by atoms with E-state index in [1.807, 2.05) is 0 Å². The van der Waals surface area contributed by atoms with Gasteiger partial charge < -0.3 is 10.1 Å². The van der Waals surface area contributed by atoms with Crippen molar-refractivity contribution in [3.05, 3.63) is 0 Å². The summed E-state index contributed by atoms with van der Waals surface area (Å²) >= 11 is 1.58. The SMILES string of the molecule is CC(C)OC(=O)CCNC(=O)CSC(C)(C)C. The third-order valence-electron chi connectivity index (χ3n) is 1.65. The molecule has 1 amide bonds. The van der Waals surface area contributed by atoms with E-state index in [2.05, 4.69) is 26.1 Å². The lowest BCUT2D eigenvalue weighted by atomic mass is 10.3. The van der Waals surface area contributed by atoms with E-state index in [1.54, 1.807) is 25.6 Å². The molecule has 0 radical (unpaired) electrons. The van der Waals surface area contributed by atoms with Gasteiger partial charge in [0.1, 0.15) is 0 Å². The van der Waals surface area contributed by atoms with Gasteiger partial charge >= 0.3 is 5.97 Å². The van der Waals surface area contributed by atoms with Crippen molar-refractivity contribution in [3.63, 3.8) is 0 Å². The lowest BCUT2D eigenvalue weighted by molar-refractivity contribution is -0.147. The van der Waals surface area contributed by atoms with Gasteiger partial charge in [-0.15, -0.1) is 11.8 Å². The Morgan fingerprint density at radius 3 is 2.35 bits per heavy atom. The monoisotopic (exact) mass is 261 g/mol. The smallest absolute Gasteiger partial charge is 0.307 e. The molecule has 0 aliphatic rings. The third kappa shape index (κ3) is 11.6. The fourth-order valence-corrected chi connectivity index (χ4v) is 1.63. The lowest BCUT2D eigenvalue weighted by Gasteiger charge is -2.16. The summed E-state index contributed by atoms with van der Waals surface area (Å²) in [5, 5.41) is 2.70. The van der Waals surface area contributed by atoms with Gasteiger partial charge in [-0.25, -0.2) is 0 Å². The van der Waals surface area contributed by atoms with E-state index in [4.69, 9.17) is 4.74 Å². The first-order valence-electron chi connectivity index (χ1n) is 5.81. The topological polar surface area (TPSA) is 55.4 Å². The van der Waals surface area contributed by atoms with Gasteiger partial charge in [-0.3, -0.25) is 9.59 Å². The second kappa shape index (κ2) is 7.58. The molecular formula is C12H23NO3S. The minimum absolute atomic E-state index is 0.0396. The Morgan fingerprint density at radius 1 is 1.29 bits per heavy atom. The number of hydrogen-bond donors (Lipinski definition) is 1. The molecule has 0 unspecified atom stereocenters. The summed E-state index contributed by atoms with van der Waals surface area (Å²) in [5.74, 6) is 0.106. The van der Waals surface area contributed by atoms with Crippen LogP contribution < -0.4 is 5.32 Å². The number of hydrogen-bond acceptors (Lipinski definition) is 4. The van der Waals surface area contributed by atoms with Crippen LogP contribution in [-0.2, 0) is 14.3 Å². The normalized spacial score (nSPS) is 11.4. The quantitative estimate of drug-likeness (QED) is 0.743. The van der Waals surface area contributed by atoms with Crippen LogP contribution in [0, 0.1) is 0 Å². The molecule has 0 aliphatic carbocycles. The Kier molecular flexibility index (Phi) is 7.27. The van der Waals surface area contributed by atoms with Gasteiger partial charge in [-0.1, -0.05) is 20.8 Å². The van der Waals surface area contributed by atoms with Crippen molar-refractivity contribution in [1.82, 2.24) is 5.32 Å². The number of carbonyl (C=O) groups is 2. The highest BCUT2D eigenvalue weighted by atomic mass is 32.2. The van der Waals surface area contributed by atoms with Crippen molar-refractivity contribution in [1.29, 1.82) is 0 Å². The molecule has 0 aliphatic heterocycles. The molecule has 4 nitrogen and oxygen atoms in total. The van der Waals surface area contributed by atoms with Gasteiger partial charge in [0.15, 0.2) is 0 Å². The zero-order valence-electron chi connectivity index (χ0n) is 11.3. The highest BCUT2D eigenvalue weighted by molar-refractivity contribution is 8.01. The van der Waals surface area contributed by atoms with Crippen molar-refractivity contribution in [2.45, 2.75) is 51.9 Å². The summed E-state index contributed by atoms with van der Waals surface area (Å²) in [6, 6.07) is 0. The second-order valence-corrected chi connectivity index (χ2v) is 6.84. The van der Waals surface area contributed by atoms with Crippen LogP contribution in [0.3, 0.4) is 0 Å². The molecule has 5 heteroatoms. The van der Waals surface area contributed by atoms with Gasteiger partial charge in [-0.2, -0.15) is 0 Å². The molecule has 0 aromatic carbocycles. The van der Waals surface area contributed by atoms with E-state index in [0.29, 0.717) is 12.3 Å². The molecule has 0 atom stereocenters. The Labute approximate surface area is 108 Å². The van der Waals surface area contributed by atoms with Crippen LogP contribution in [0.2, 0.25) is 0 Å². The predicted molar refractivity (Wildman–Crippen MR) is 71.1 cm³/mol. The first-order chi connectivity index (χ1) is 7.70. The maximum Gasteiger partial charge on any atom is 0.307 e. The molecule has 1 N–H and O–H groups in total. The highest BCUT2D eigenvalue weighted by Gasteiger charge is 2.13. The minimum Gasteiger partial charge on any atom is -0.463 e. The van der Waals surface area contributed by atoms with E-state index in [1.165, 1.54) is 0 Å². The van der Waals surface area contributed by atoms with Crippen molar-refractivity contribution in [2.24, 2.45) is 0 Å². The number of carbonyl (C=O) groups excluding carboxylic acids is 2. The van der Waals surface area contributed by atoms with E-state index >= 15 is 0 Å².